The maximum Gasteiger partial charge on any atom is 0.344 e. The molecule has 3 aromatic rings. The molecule has 0 bridgehead atoms. The lowest BCUT2D eigenvalue weighted by Gasteiger charge is -2.07. The minimum atomic E-state index is -0.410. The lowest BCUT2D eigenvalue weighted by molar-refractivity contribution is 0.0501. The van der Waals surface area contributed by atoms with Crippen molar-refractivity contribution in [1.82, 2.24) is 14.5 Å². The summed E-state index contributed by atoms with van der Waals surface area (Å²) in [6.07, 6.45) is 6.15. The van der Waals surface area contributed by atoms with Gasteiger partial charge in [0.2, 0.25) is 0 Å². The summed E-state index contributed by atoms with van der Waals surface area (Å²) in [6.45, 7) is 5.38. The third-order valence-electron chi connectivity index (χ3n) is 4.76. The first-order chi connectivity index (χ1) is 13.2. The second-order valence-corrected chi connectivity index (χ2v) is 6.85. The van der Waals surface area contributed by atoms with Crippen molar-refractivity contribution in [3.8, 4) is 0 Å². The summed E-state index contributed by atoms with van der Waals surface area (Å²) in [5.41, 5.74) is 9.44. The highest BCUT2D eigenvalue weighted by atomic mass is 16.5. The summed E-state index contributed by atoms with van der Waals surface area (Å²) in [5.74, 6) is -0.00988. The van der Waals surface area contributed by atoms with E-state index < -0.39 is 5.97 Å². The van der Waals surface area contributed by atoms with E-state index in [1.165, 1.54) is 0 Å². The molecule has 1 aromatic carbocycles. The van der Waals surface area contributed by atoms with Crippen LogP contribution < -0.4 is 5.73 Å². The first-order valence-corrected chi connectivity index (χ1v) is 9.89. The second-order valence-electron chi connectivity index (χ2n) is 6.85. The molecule has 2 heterocycles. The van der Waals surface area contributed by atoms with Gasteiger partial charge in [-0.15, -0.1) is 0 Å². The highest BCUT2D eigenvalue weighted by molar-refractivity contribution is 6.08. The quantitative estimate of drug-likeness (QED) is 0.437. The van der Waals surface area contributed by atoms with Crippen molar-refractivity contribution in [2.75, 3.05) is 12.3 Å². The van der Waals surface area contributed by atoms with Gasteiger partial charge in [-0.25, -0.2) is 14.8 Å². The van der Waals surface area contributed by atoms with Crippen LogP contribution in [0, 0.1) is 0 Å². The Bertz CT molecular complexity index is 933. The van der Waals surface area contributed by atoms with Crippen molar-refractivity contribution in [3.63, 3.8) is 0 Å². The van der Waals surface area contributed by atoms with Crippen molar-refractivity contribution >= 4 is 34.0 Å². The number of aromatic nitrogens is 3. The van der Waals surface area contributed by atoms with Crippen LogP contribution in [0.1, 0.15) is 62.7 Å². The number of aryl methyl sites for hydroxylation is 1. The number of nitrogens with zero attached hydrogens (tertiary/aromatic N) is 3. The molecule has 0 atom stereocenters. The molecule has 0 saturated carbocycles. The van der Waals surface area contributed by atoms with E-state index in [1.807, 2.05) is 28.8 Å². The molecule has 0 aliphatic rings. The van der Waals surface area contributed by atoms with E-state index in [0.29, 0.717) is 35.7 Å². The van der Waals surface area contributed by atoms with Crippen LogP contribution in [-0.4, -0.2) is 27.1 Å². The summed E-state index contributed by atoms with van der Waals surface area (Å²) in [7, 11) is 0. The lowest BCUT2D eigenvalue weighted by atomic mass is 10.2. The van der Waals surface area contributed by atoms with Crippen LogP contribution in [-0.2, 0) is 11.3 Å². The van der Waals surface area contributed by atoms with Gasteiger partial charge in [0.15, 0.2) is 5.65 Å². The number of rotatable bonds is 9. The number of nitrogen functional groups attached to an aromatic ring is 1. The van der Waals surface area contributed by atoms with Crippen LogP contribution in [0.3, 0.4) is 0 Å². The van der Waals surface area contributed by atoms with Gasteiger partial charge >= 0.3 is 5.97 Å². The van der Waals surface area contributed by atoms with Crippen LogP contribution in [0.2, 0.25) is 0 Å². The standard InChI is InChI=1S/C21H28N4O2/c1-3-5-9-13-25-19(22)17(21(26)27-14-10-6-4-2)18-20(25)24-16-12-8-7-11-15(16)23-18/h7-8,11-12H,3-6,9-10,13-14,22H2,1-2H3. The number of ether oxygens (including phenoxy) is 1. The summed E-state index contributed by atoms with van der Waals surface area (Å²) in [5, 5.41) is 0. The molecular formula is C21H28N4O2. The highest BCUT2D eigenvalue weighted by Gasteiger charge is 2.24. The zero-order valence-corrected chi connectivity index (χ0v) is 16.2. The average Bonchev–Trinajstić information content (AvgIpc) is 2.94. The Labute approximate surface area is 159 Å². The molecular weight excluding hydrogens is 340 g/mol. The lowest BCUT2D eigenvalue weighted by Crippen LogP contribution is -2.11. The minimum absolute atomic E-state index is 0.344. The number of esters is 1. The number of nitrogens with two attached hydrogens (primary N) is 1. The topological polar surface area (TPSA) is 83.0 Å². The molecule has 144 valence electrons. The Hall–Kier alpha value is -2.63. The van der Waals surface area contributed by atoms with Gasteiger partial charge in [-0.1, -0.05) is 51.7 Å². The third-order valence-corrected chi connectivity index (χ3v) is 4.76. The molecule has 6 nitrogen and oxygen atoms in total. The van der Waals surface area contributed by atoms with E-state index in [2.05, 4.69) is 18.8 Å². The Kier molecular flexibility index (Phi) is 6.27. The van der Waals surface area contributed by atoms with E-state index in [4.69, 9.17) is 15.5 Å². The Balaban J connectivity index is 2.03. The van der Waals surface area contributed by atoms with Crippen molar-refractivity contribution in [2.45, 2.75) is 58.9 Å². The fourth-order valence-electron chi connectivity index (χ4n) is 3.25. The van der Waals surface area contributed by atoms with E-state index in [0.717, 1.165) is 49.6 Å². The molecule has 2 aromatic heterocycles. The monoisotopic (exact) mass is 368 g/mol. The van der Waals surface area contributed by atoms with Crippen molar-refractivity contribution in [3.05, 3.63) is 29.8 Å². The van der Waals surface area contributed by atoms with Gasteiger partial charge in [0.1, 0.15) is 16.9 Å². The van der Waals surface area contributed by atoms with E-state index >= 15 is 0 Å². The van der Waals surface area contributed by atoms with Crippen LogP contribution in [0.25, 0.3) is 22.2 Å². The molecule has 0 saturated heterocycles. The van der Waals surface area contributed by atoms with E-state index in [1.54, 1.807) is 0 Å². The van der Waals surface area contributed by atoms with Crippen molar-refractivity contribution in [2.24, 2.45) is 0 Å². The fourth-order valence-corrected chi connectivity index (χ4v) is 3.25. The minimum Gasteiger partial charge on any atom is -0.462 e. The summed E-state index contributed by atoms with van der Waals surface area (Å²) in [6, 6.07) is 7.65. The van der Waals surface area contributed by atoms with Gasteiger partial charge in [-0.3, -0.25) is 0 Å². The summed E-state index contributed by atoms with van der Waals surface area (Å²) < 4.78 is 7.38. The summed E-state index contributed by atoms with van der Waals surface area (Å²) >= 11 is 0. The Morgan fingerprint density at radius 2 is 1.70 bits per heavy atom. The number of carbonyl (C=O) groups excluding carboxylic acids is 1. The molecule has 0 fully saturated rings. The molecule has 6 heteroatoms. The van der Waals surface area contributed by atoms with Crippen LogP contribution >= 0.6 is 0 Å². The van der Waals surface area contributed by atoms with Crippen molar-refractivity contribution < 1.29 is 9.53 Å². The van der Waals surface area contributed by atoms with Crippen LogP contribution in [0.4, 0.5) is 5.82 Å². The number of unbranched alkanes of at least 4 members (excludes halogenated alkanes) is 4. The van der Waals surface area contributed by atoms with Gasteiger partial charge in [0, 0.05) is 6.54 Å². The first-order valence-electron chi connectivity index (χ1n) is 9.89. The predicted octanol–water partition coefficient (Wildman–Crippen LogP) is 4.70. The van der Waals surface area contributed by atoms with E-state index in [-0.39, 0.29) is 0 Å². The number of hydrogen-bond acceptors (Lipinski definition) is 5. The smallest absolute Gasteiger partial charge is 0.344 e. The van der Waals surface area contributed by atoms with Gasteiger partial charge in [-0.05, 0) is 25.0 Å². The predicted molar refractivity (Wildman–Crippen MR) is 109 cm³/mol. The zero-order chi connectivity index (χ0) is 19.2. The van der Waals surface area contributed by atoms with Gasteiger partial charge < -0.3 is 15.0 Å². The van der Waals surface area contributed by atoms with Crippen LogP contribution in [0.15, 0.2) is 24.3 Å². The largest absolute Gasteiger partial charge is 0.462 e. The summed E-state index contributed by atoms with van der Waals surface area (Å²) in [4.78, 5) is 22.2. The molecule has 0 aliphatic heterocycles. The number of anilines is 1. The van der Waals surface area contributed by atoms with Gasteiger partial charge in [0.25, 0.3) is 0 Å². The molecule has 0 spiro atoms. The molecule has 0 aliphatic carbocycles. The molecule has 0 amide bonds. The number of benzene rings is 1. The number of hydrogen-bond donors (Lipinski definition) is 1. The Morgan fingerprint density at radius 3 is 2.41 bits per heavy atom. The fraction of sp³-hybridized carbons (Fsp3) is 0.476. The van der Waals surface area contributed by atoms with Crippen LogP contribution in [0.5, 0.6) is 0 Å². The molecule has 0 radical (unpaired) electrons. The molecule has 2 N–H and O–H groups in total. The molecule has 3 rings (SSSR count). The highest BCUT2D eigenvalue weighted by Crippen LogP contribution is 2.29. The van der Waals surface area contributed by atoms with E-state index in [9.17, 15) is 4.79 Å². The molecule has 0 unspecified atom stereocenters. The second kappa shape index (κ2) is 8.84. The maximum absolute atomic E-state index is 12.7. The number of fused-ring (bicyclic) bond motifs is 2. The Morgan fingerprint density at radius 1 is 1.04 bits per heavy atom. The van der Waals surface area contributed by atoms with Crippen molar-refractivity contribution in [1.29, 1.82) is 0 Å². The SMILES string of the molecule is CCCCCOC(=O)c1c(N)n(CCCCC)c2nc3ccccc3nc12. The number of carbonyl (C=O) groups is 1. The van der Waals surface area contributed by atoms with Gasteiger partial charge in [0.05, 0.1) is 17.6 Å². The average molecular weight is 368 g/mol. The normalized spacial score (nSPS) is 11.3. The maximum atomic E-state index is 12.7. The number of para-hydroxylation sites is 2. The zero-order valence-electron chi connectivity index (χ0n) is 16.2. The molecule has 27 heavy (non-hydrogen) atoms. The first kappa shape index (κ1) is 19.1. The third kappa shape index (κ3) is 4.04. The van der Waals surface area contributed by atoms with Gasteiger partial charge in [-0.2, -0.15) is 0 Å².